The molecule has 98 valence electrons. The summed E-state index contributed by atoms with van der Waals surface area (Å²) in [6.07, 6.45) is -0.125. The van der Waals surface area contributed by atoms with E-state index in [1.54, 1.807) is 20.8 Å². The molecule has 0 spiro atoms. The molecule has 0 atom stereocenters. The van der Waals surface area contributed by atoms with Gasteiger partial charge in [-0.25, -0.2) is 4.79 Å². The summed E-state index contributed by atoms with van der Waals surface area (Å²) in [5.41, 5.74) is -0.256. The van der Waals surface area contributed by atoms with Crippen molar-refractivity contribution < 1.29 is 14.3 Å². The topological polar surface area (TPSA) is 55.4 Å². The van der Waals surface area contributed by atoms with Crippen molar-refractivity contribution in [1.29, 1.82) is 0 Å². The summed E-state index contributed by atoms with van der Waals surface area (Å²) >= 11 is 11.7. The number of hydrogen-bond donors (Lipinski definition) is 1. The monoisotopic (exact) mass is 289 g/mol. The molecule has 1 aromatic carbocycles. The molecule has 0 aliphatic rings. The highest BCUT2D eigenvalue weighted by Crippen LogP contribution is 2.29. The number of halogens is 2. The number of anilines is 1. The summed E-state index contributed by atoms with van der Waals surface area (Å²) in [5.74, 6) is 0. The van der Waals surface area contributed by atoms with Crippen molar-refractivity contribution in [3.05, 3.63) is 27.7 Å². The minimum Gasteiger partial charge on any atom is -0.444 e. The lowest BCUT2D eigenvalue weighted by atomic mass is 10.2. The van der Waals surface area contributed by atoms with E-state index in [0.717, 1.165) is 0 Å². The van der Waals surface area contributed by atoms with Crippen LogP contribution in [0, 0.1) is 0 Å². The lowest BCUT2D eigenvalue weighted by Gasteiger charge is -2.20. The number of rotatable bonds is 2. The Bertz CT molecular complexity index is 481. The van der Waals surface area contributed by atoms with E-state index in [1.807, 2.05) is 0 Å². The zero-order valence-corrected chi connectivity index (χ0v) is 11.7. The van der Waals surface area contributed by atoms with Crippen molar-refractivity contribution in [3.8, 4) is 0 Å². The van der Waals surface area contributed by atoms with Crippen molar-refractivity contribution in [2.24, 2.45) is 0 Å². The minimum absolute atomic E-state index is 0.176. The molecule has 0 aromatic heterocycles. The number of carbonyl (C=O) groups excluding carboxylic acids is 2. The van der Waals surface area contributed by atoms with E-state index in [9.17, 15) is 9.59 Å². The van der Waals surface area contributed by atoms with E-state index in [4.69, 9.17) is 27.9 Å². The van der Waals surface area contributed by atoms with Crippen molar-refractivity contribution in [2.45, 2.75) is 26.4 Å². The Kier molecular flexibility index (Phi) is 4.59. The maximum Gasteiger partial charge on any atom is 0.412 e. The van der Waals surface area contributed by atoms with Crippen molar-refractivity contribution in [1.82, 2.24) is 0 Å². The number of carbonyl (C=O) groups is 2. The standard InChI is InChI=1S/C12H13Cl2NO3/c1-12(2,3)18-11(17)15-10-7(6-16)4-8(13)5-9(10)14/h4-6H,1-3H3,(H,15,17). The molecular weight excluding hydrogens is 277 g/mol. The van der Waals surface area contributed by atoms with Gasteiger partial charge in [-0.05, 0) is 32.9 Å². The molecule has 4 nitrogen and oxygen atoms in total. The van der Waals surface area contributed by atoms with Crippen LogP contribution in [-0.4, -0.2) is 18.0 Å². The van der Waals surface area contributed by atoms with Gasteiger partial charge < -0.3 is 4.74 Å². The molecule has 0 radical (unpaired) electrons. The average molecular weight is 290 g/mol. The molecule has 18 heavy (non-hydrogen) atoms. The Morgan fingerprint density at radius 3 is 2.44 bits per heavy atom. The lowest BCUT2D eigenvalue weighted by Crippen LogP contribution is -2.27. The summed E-state index contributed by atoms with van der Waals surface area (Å²) in [6, 6.07) is 2.84. The third-order valence-electron chi connectivity index (χ3n) is 1.84. The van der Waals surface area contributed by atoms with Crippen LogP contribution in [-0.2, 0) is 4.74 Å². The van der Waals surface area contributed by atoms with E-state index in [0.29, 0.717) is 11.3 Å². The van der Waals surface area contributed by atoms with Crippen LogP contribution in [0.1, 0.15) is 31.1 Å². The molecule has 1 amide bonds. The summed E-state index contributed by atoms with van der Waals surface area (Å²) in [4.78, 5) is 22.5. The Morgan fingerprint density at radius 1 is 1.33 bits per heavy atom. The SMILES string of the molecule is CC(C)(C)OC(=O)Nc1c(Cl)cc(Cl)cc1C=O. The van der Waals surface area contributed by atoms with Crippen LogP contribution >= 0.6 is 23.2 Å². The molecule has 0 aliphatic carbocycles. The Balaban J connectivity index is 2.97. The number of nitrogens with one attached hydrogen (secondary N) is 1. The zero-order chi connectivity index (χ0) is 13.9. The van der Waals surface area contributed by atoms with Gasteiger partial charge in [0.2, 0.25) is 0 Å². The predicted octanol–water partition coefficient (Wildman–Crippen LogP) is 4.15. The van der Waals surface area contributed by atoms with Gasteiger partial charge in [0.1, 0.15) is 5.60 Å². The molecule has 6 heteroatoms. The number of hydrogen-bond acceptors (Lipinski definition) is 3. The summed E-state index contributed by atoms with van der Waals surface area (Å²) < 4.78 is 5.07. The second kappa shape index (κ2) is 5.59. The van der Waals surface area contributed by atoms with Crippen molar-refractivity contribution in [3.63, 3.8) is 0 Å². The number of amides is 1. The molecule has 1 aromatic rings. The molecule has 0 saturated heterocycles. The minimum atomic E-state index is -0.685. The Hall–Kier alpha value is -1.26. The highest BCUT2D eigenvalue weighted by molar-refractivity contribution is 6.37. The van der Waals surface area contributed by atoms with Crippen LogP contribution in [0.2, 0.25) is 10.0 Å². The number of ether oxygens (including phenoxy) is 1. The first-order chi connectivity index (χ1) is 8.23. The largest absolute Gasteiger partial charge is 0.444 e. The number of aldehydes is 1. The highest BCUT2D eigenvalue weighted by Gasteiger charge is 2.18. The van der Waals surface area contributed by atoms with Crippen LogP contribution in [0.4, 0.5) is 10.5 Å². The smallest absolute Gasteiger partial charge is 0.412 e. The average Bonchev–Trinajstić information content (AvgIpc) is 2.18. The third kappa shape index (κ3) is 4.20. The van der Waals surface area contributed by atoms with Crippen LogP contribution in [0.3, 0.4) is 0 Å². The fraction of sp³-hybridized carbons (Fsp3) is 0.333. The summed E-state index contributed by atoms with van der Waals surface area (Å²) in [7, 11) is 0. The molecule has 0 bridgehead atoms. The van der Waals surface area contributed by atoms with Gasteiger partial charge in [0.15, 0.2) is 6.29 Å². The van der Waals surface area contributed by atoms with Crippen LogP contribution in [0.25, 0.3) is 0 Å². The van der Waals surface area contributed by atoms with E-state index < -0.39 is 11.7 Å². The molecule has 0 heterocycles. The van der Waals surface area contributed by atoms with Gasteiger partial charge in [0.25, 0.3) is 0 Å². The third-order valence-corrected chi connectivity index (χ3v) is 2.35. The van der Waals surface area contributed by atoms with E-state index in [2.05, 4.69) is 5.32 Å². The molecule has 1 N–H and O–H groups in total. The molecular formula is C12H13Cl2NO3. The van der Waals surface area contributed by atoms with Crippen LogP contribution in [0.5, 0.6) is 0 Å². The highest BCUT2D eigenvalue weighted by atomic mass is 35.5. The van der Waals surface area contributed by atoms with Crippen molar-refractivity contribution in [2.75, 3.05) is 5.32 Å². The van der Waals surface area contributed by atoms with Gasteiger partial charge in [0.05, 0.1) is 10.7 Å². The quantitative estimate of drug-likeness (QED) is 0.832. The van der Waals surface area contributed by atoms with E-state index in [-0.39, 0.29) is 16.3 Å². The summed E-state index contributed by atoms with van der Waals surface area (Å²) in [5, 5.41) is 2.92. The van der Waals surface area contributed by atoms with Gasteiger partial charge in [-0.1, -0.05) is 23.2 Å². The normalized spacial score (nSPS) is 10.9. The first-order valence-corrected chi connectivity index (χ1v) is 5.93. The molecule has 0 unspecified atom stereocenters. The van der Waals surface area contributed by atoms with Crippen LogP contribution < -0.4 is 5.32 Å². The zero-order valence-electron chi connectivity index (χ0n) is 10.2. The Morgan fingerprint density at radius 2 is 1.94 bits per heavy atom. The van der Waals surface area contributed by atoms with Gasteiger partial charge in [-0.2, -0.15) is 0 Å². The predicted molar refractivity (Wildman–Crippen MR) is 71.7 cm³/mol. The first kappa shape index (κ1) is 14.8. The maximum atomic E-state index is 11.6. The van der Waals surface area contributed by atoms with E-state index in [1.165, 1.54) is 12.1 Å². The number of benzene rings is 1. The van der Waals surface area contributed by atoms with E-state index >= 15 is 0 Å². The van der Waals surface area contributed by atoms with Gasteiger partial charge in [0, 0.05) is 10.6 Å². The van der Waals surface area contributed by atoms with Gasteiger partial charge in [-0.3, -0.25) is 10.1 Å². The van der Waals surface area contributed by atoms with Crippen LogP contribution in [0.15, 0.2) is 12.1 Å². The molecule has 0 saturated carbocycles. The summed E-state index contributed by atoms with van der Waals surface area (Å²) in [6.45, 7) is 5.20. The maximum absolute atomic E-state index is 11.6. The molecule has 0 aliphatic heterocycles. The molecule has 0 fully saturated rings. The fourth-order valence-electron chi connectivity index (χ4n) is 1.22. The van der Waals surface area contributed by atoms with Crippen molar-refractivity contribution >= 4 is 41.3 Å². The fourth-order valence-corrected chi connectivity index (χ4v) is 1.78. The molecule has 1 rings (SSSR count). The second-order valence-corrected chi connectivity index (χ2v) is 5.44. The second-order valence-electron chi connectivity index (χ2n) is 4.60. The van der Waals surface area contributed by atoms with Gasteiger partial charge in [-0.15, -0.1) is 0 Å². The lowest BCUT2D eigenvalue weighted by molar-refractivity contribution is 0.0636. The first-order valence-electron chi connectivity index (χ1n) is 5.17. The Labute approximate surface area is 115 Å². The van der Waals surface area contributed by atoms with Gasteiger partial charge >= 0.3 is 6.09 Å².